The van der Waals surface area contributed by atoms with E-state index < -0.39 is 0 Å². The molecule has 0 atom stereocenters. The van der Waals surface area contributed by atoms with Crippen LogP contribution in [0, 0.1) is 0 Å². The molecule has 0 aromatic carbocycles. The molecule has 0 amide bonds. The minimum atomic E-state index is 0. The molecule has 0 rings (SSSR count). The Bertz CT molecular complexity index is 16.5. The first kappa shape index (κ1) is 47.3. The number of halogens is 3. The summed E-state index contributed by atoms with van der Waals surface area (Å²) in [7, 11) is 1.68. The molecule has 0 aliphatic carbocycles. The van der Waals surface area contributed by atoms with Gasteiger partial charge in [-0.15, -0.1) is 0 Å². The van der Waals surface area contributed by atoms with Crippen LogP contribution >= 0.6 is 0 Å². The van der Waals surface area contributed by atoms with Gasteiger partial charge in [0.05, 0.1) is 0 Å². The highest BCUT2D eigenvalue weighted by atomic mass is 19.0. The van der Waals surface area contributed by atoms with E-state index in [1.165, 1.54) is 0 Å². The molecule has 8 heavy (non-hydrogen) atoms. The molecule has 0 aliphatic heterocycles. The second kappa shape index (κ2) is 74.8. The first-order valence-electron chi connectivity index (χ1n) is 1.40. The van der Waals surface area contributed by atoms with E-state index in [2.05, 4.69) is 4.74 Å². The normalized spacial score (nSPS) is 3.75. The van der Waals surface area contributed by atoms with Crippen LogP contribution in [-0.2, 0) is 4.74 Å². The zero-order valence-corrected chi connectivity index (χ0v) is 5.05. The number of ether oxygens (including phenoxy) is 1. The third-order valence-corrected chi connectivity index (χ3v) is 0.289. The van der Waals surface area contributed by atoms with Crippen molar-refractivity contribution in [3.63, 3.8) is 0 Å². The molecule has 3 N–H and O–H groups in total. The maximum absolute atomic E-state index is 4.54. The van der Waals surface area contributed by atoms with Crippen LogP contribution in [0.4, 0.5) is 14.1 Å². The van der Waals surface area contributed by atoms with Crippen LogP contribution < -0.4 is 6.15 Å². The van der Waals surface area contributed by atoms with Gasteiger partial charge >= 0.3 is 0 Å². The molecular formula is C3H14F3NO. The van der Waals surface area contributed by atoms with Gasteiger partial charge < -0.3 is 10.9 Å². The van der Waals surface area contributed by atoms with E-state index in [0.717, 1.165) is 6.61 Å². The van der Waals surface area contributed by atoms with Gasteiger partial charge in [0.1, 0.15) is 0 Å². The van der Waals surface area contributed by atoms with Crippen LogP contribution in [0.15, 0.2) is 0 Å². The lowest BCUT2D eigenvalue weighted by atomic mass is 10.9. The minimum Gasteiger partial charge on any atom is -0.385 e. The largest absolute Gasteiger partial charge is 0.385 e. The van der Waals surface area contributed by atoms with Crippen molar-refractivity contribution in [3.05, 3.63) is 0 Å². The van der Waals surface area contributed by atoms with Crippen molar-refractivity contribution in [2.24, 2.45) is 0 Å². The monoisotopic (exact) mass is 137 g/mol. The number of hydrogen-bond donors (Lipinski definition) is 1. The zero-order chi connectivity index (χ0) is 3.41. The van der Waals surface area contributed by atoms with E-state index in [-0.39, 0.29) is 20.3 Å². The van der Waals surface area contributed by atoms with Crippen molar-refractivity contribution in [1.29, 1.82) is 0 Å². The van der Waals surface area contributed by atoms with Crippen LogP contribution in [-0.4, -0.2) is 13.7 Å². The molecule has 0 fully saturated rings. The van der Waals surface area contributed by atoms with Crippen LogP contribution in [0.2, 0.25) is 0 Å². The Hall–Kier alpha value is -0.290. The molecule has 0 bridgehead atoms. The SMILES string of the molecule is CCOC.F.F.F.N. The number of hydrogen-bond acceptors (Lipinski definition) is 2. The van der Waals surface area contributed by atoms with Gasteiger partial charge in [-0.2, -0.15) is 0 Å². The van der Waals surface area contributed by atoms with Gasteiger partial charge in [0.2, 0.25) is 0 Å². The molecule has 5 heteroatoms. The lowest BCUT2D eigenvalue weighted by Crippen LogP contribution is -1.73. The predicted molar refractivity (Wildman–Crippen MR) is 30.1 cm³/mol. The zero-order valence-electron chi connectivity index (χ0n) is 5.05. The highest BCUT2D eigenvalue weighted by molar-refractivity contribution is 3.94. The fourth-order valence-corrected chi connectivity index (χ4v) is 0. The maximum Gasteiger partial charge on any atom is 0.0433 e. The highest BCUT2D eigenvalue weighted by Crippen LogP contribution is 1.52. The van der Waals surface area contributed by atoms with Crippen molar-refractivity contribution in [3.8, 4) is 0 Å². The Kier molecular flexibility index (Phi) is 442. The molecule has 0 aromatic rings. The summed E-state index contributed by atoms with van der Waals surface area (Å²) in [5, 5.41) is 0. The molecule has 0 saturated heterocycles. The van der Waals surface area contributed by atoms with Crippen molar-refractivity contribution in [2.75, 3.05) is 13.7 Å². The average molecular weight is 137 g/mol. The Labute approximate surface area is 46.9 Å². The topological polar surface area (TPSA) is 44.2 Å². The lowest BCUT2D eigenvalue weighted by molar-refractivity contribution is 0.215. The summed E-state index contributed by atoms with van der Waals surface area (Å²) in [6.45, 7) is 2.78. The van der Waals surface area contributed by atoms with E-state index in [0.29, 0.717) is 0 Å². The van der Waals surface area contributed by atoms with E-state index in [9.17, 15) is 0 Å². The summed E-state index contributed by atoms with van der Waals surface area (Å²) in [6, 6.07) is 0. The standard InChI is InChI=1S/C3H8O.3FH.H3N/c1-3-4-2;;;;/h3H2,1-2H3;3*1H;1H3. The van der Waals surface area contributed by atoms with Gasteiger partial charge in [-0.1, -0.05) is 0 Å². The van der Waals surface area contributed by atoms with Crippen molar-refractivity contribution < 1.29 is 18.9 Å². The van der Waals surface area contributed by atoms with E-state index in [1.54, 1.807) is 7.11 Å². The number of methoxy groups -OCH3 is 1. The third-order valence-electron chi connectivity index (χ3n) is 0.289. The van der Waals surface area contributed by atoms with Crippen molar-refractivity contribution >= 4 is 0 Å². The summed E-state index contributed by atoms with van der Waals surface area (Å²) in [5.41, 5.74) is 0. The first-order chi connectivity index (χ1) is 1.91. The maximum atomic E-state index is 4.54. The fourth-order valence-electron chi connectivity index (χ4n) is 0. The molecule has 0 spiro atoms. The molecule has 0 unspecified atom stereocenters. The molecule has 0 saturated carbocycles. The molecular weight excluding hydrogens is 123 g/mol. The average Bonchev–Trinajstić information content (AvgIpc) is 1.37. The van der Waals surface area contributed by atoms with Gasteiger partial charge in [-0.25, -0.2) is 0 Å². The van der Waals surface area contributed by atoms with Crippen LogP contribution in [0.25, 0.3) is 0 Å². The number of rotatable bonds is 1. The first-order valence-corrected chi connectivity index (χ1v) is 1.40. The molecule has 0 aliphatic rings. The minimum absolute atomic E-state index is 0. The fraction of sp³-hybridized carbons (Fsp3) is 1.00. The van der Waals surface area contributed by atoms with Crippen molar-refractivity contribution in [1.82, 2.24) is 6.15 Å². The van der Waals surface area contributed by atoms with Gasteiger partial charge in [0.25, 0.3) is 0 Å². The third kappa shape index (κ3) is 251. The Morgan fingerprint density at radius 3 is 1.25 bits per heavy atom. The quantitative estimate of drug-likeness (QED) is 0.591. The Balaban J connectivity index is -0.00000000750. The van der Waals surface area contributed by atoms with Crippen LogP contribution in [0.1, 0.15) is 6.92 Å². The van der Waals surface area contributed by atoms with E-state index in [4.69, 9.17) is 0 Å². The summed E-state index contributed by atoms with van der Waals surface area (Å²) >= 11 is 0. The molecule has 58 valence electrons. The lowest BCUT2D eigenvalue weighted by Gasteiger charge is -1.76. The van der Waals surface area contributed by atoms with Gasteiger partial charge in [0.15, 0.2) is 0 Å². The highest BCUT2D eigenvalue weighted by Gasteiger charge is 1.51. The summed E-state index contributed by atoms with van der Waals surface area (Å²) < 4.78 is 4.54. The Morgan fingerprint density at radius 1 is 1.12 bits per heavy atom. The second-order valence-electron chi connectivity index (χ2n) is 0.577. The van der Waals surface area contributed by atoms with E-state index >= 15 is 0 Å². The summed E-state index contributed by atoms with van der Waals surface area (Å²) in [5.74, 6) is 0. The molecule has 0 aromatic heterocycles. The van der Waals surface area contributed by atoms with Gasteiger partial charge in [0, 0.05) is 13.7 Å². The molecule has 0 radical (unpaired) electrons. The van der Waals surface area contributed by atoms with Gasteiger partial charge in [-0.3, -0.25) is 14.1 Å². The van der Waals surface area contributed by atoms with Crippen LogP contribution in [0.3, 0.4) is 0 Å². The predicted octanol–water partition coefficient (Wildman–Crippen LogP) is 1.27. The van der Waals surface area contributed by atoms with E-state index in [1.807, 2.05) is 6.92 Å². The summed E-state index contributed by atoms with van der Waals surface area (Å²) in [4.78, 5) is 0. The summed E-state index contributed by atoms with van der Waals surface area (Å²) in [6.07, 6.45) is 0. The van der Waals surface area contributed by atoms with Gasteiger partial charge in [-0.05, 0) is 6.92 Å². The molecule has 0 heterocycles. The van der Waals surface area contributed by atoms with Crippen molar-refractivity contribution in [2.45, 2.75) is 6.92 Å². The molecule has 2 nitrogen and oxygen atoms in total. The smallest absolute Gasteiger partial charge is 0.0433 e. The second-order valence-corrected chi connectivity index (χ2v) is 0.577. The van der Waals surface area contributed by atoms with Crippen LogP contribution in [0.5, 0.6) is 0 Å². The Morgan fingerprint density at radius 2 is 1.25 bits per heavy atom.